The summed E-state index contributed by atoms with van der Waals surface area (Å²) in [7, 11) is 0. The van der Waals surface area contributed by atoms with E-state index in [1.807, 2.05) is 11.5 Å². The van der Waals surface area contributed by atoms with E-state index in [0.29, 0.717) is 10.3 Å². The van der Waals surface area contributed by atoms with Gasteiger partial charge in [-0.15, -0.1) is 0 Å². The molecule has 20 heavy (non-hydrogen) atoms. The summed E-state index contributed by atoms with van der Waals surface area (Å²) in [5, 5.41) is 0. The van der Waals surface area contributed by atoms with E-state index < -0.39 is 0 Å². The van der Waals surface area contributed by atoms with E-state index in [9.17, 15) is 8.78 Å². The zero-order chi connectivity index (χ0) is 14.3. The Bertz CT molecular complexity index is 818. The second kappa shape index (κ2) is 4.83. The fraction of sp³-hybridized carbons (Fsp3) is 0.133. The van der Waals surface area contributed by atoms with Crippen LogP contribution in [0.25, 0.3) is 11.0 Å². The molecule has 0 aliphatic carbocycles. The highest BCUT2D eigenvalue weighted by Crippen LogP contribution is 2.25. The maximum Gasteiger partial charge on any atom is 0.178 e. The molecule has 0 spiro atoms. The molecule has 3 rings (SSSR count). The summed E-state index contributed by atoms with van der Waals surface area (Å²) in [6.07, 6.45) is 0. The lowest BCUT2D eigenvalue weighted by atomic mass is 10.1. The maximum absolute atomic E-state index is 13.4. The molecule has 2 nitrogen and oxygen atoms in total. The molecule has 1 aromatic heterocycles. The minimum atomic E-state index is -0.313. The number of hydrogen-bond acceptors (Lipinski definition) is 1. The highest BCUT2D eigenvalue weighted by atomic mass is 32.1. The van der Waals surface area contributed by atoms with E-state index in [-0.39, 0.29) is 17.7 Å². The first-order chi connectivity index (χ1) is 9.56. The average Bonchev–Trinajstić information content (AvgIpc) is 2.74. The van der Waals surface area contributed by atoms with Crippen molar-refractivity contribution in [2.75, 3.05) is 0 Å². The molecule has 1 atom stereocenters. The number of H-pyrrole nitrogens is 1. The van der Waals surface area contributed by atoms with Crippen LogP contribution in [0.1, 0.15) is 18.5 Å². The SMILES string of the molecule is CC(c1ccc(F)cc1)n1c(=S)[nH]c2ccc(F)cc21. The van der Waals surface area contributed by atoms with E-state index in [0.717, 1.165) is 11.1 Å². The third kappa shape index (κ3) is 2.14. The molecule has 0 aliphatic rings. The highest BCUT2D eigenvalue weighted by molar-refractivity contribution is 7.71. The topological polar surface area (TPSA) is 20.7 Å². The fourth-order valence-corrected chi connectivity index (χ4v) is 2.74. The van der Waals surface area contributed by atoms with Gasteiger partial charge in [0.1, 0.15) is 11.6 Å². The van der Waals surface area contributed by atoms with Gasteiger partial charge in [0.2, 0.25) is 0 Å². The summed E-state index contributed by atoms with van der Waals surface area (Å²) in [5.41, 5.74) is 2.39. The Hall–Kier alpha value is -2.01. The Balaban J connectivity index is 2.18. The number of benzene rings is 2. The van der Waals surface area contributed by atoms with Crippen molar-refractivity contribution in [3.63, 3.8) is 0 Å². The third-order valence-electron chi connectivity index (χ3n) is 3.42. The summed E-state index contributed by atoms with van der Waals surface area (Å²) in [6, 6.07) is 10.6. The minimum absolute atomic E-state index is 0.112. The molecule has 5 heteroatoms. The van der Waals surface area contributed by atoms with Gasteiger partial charge in [0, 0.05) is 0 Å². The summed E-state index contributed by atoms with van der Waals surface area (Å²) < 4.78 is 28.8. The Morgan fingerprint density at radius 2 is 1.70 bits per heavy atom. The Morgan fingerprint density at radius 1 is 1.05 bits per heavy atom. The maximum atomic E-state index is 13.4. The molecule has 0 bridgehead atoms. The van der Waals surface area contributed by atoms with E-state index >= 15 is 0 Å². The molecule has 1 heterocycles. The smallest absolute Gasteiger partial charge is 0.178 e. The zero-order valence-electron chi connectivity index (χ0n) is 10.7. The van der Waals surface area contributed by atoms with Crippen LogP contribution >= 0.6 is 12.2 Å². The molecule has 102 valence electrons. The number of fused-ring (bicyclic) bond motifs is 1. The highest BCUT2D eigenvalue weighted by Gasteiger charge is 2.13. The first kappa shape index (κ1) is 13.0. The predicted molar refractivity (Wildman–Crippen MR) is 77.3 cm³/mol. The largest absolute Gasteiger partial charge is 0.331 e. The Morgan fingerprint density at radius 3 is 2.40 bits per heavy atom. The van der Waals surface area contributed by atoms with Gasteiger partial charge in [0.25, 0.3) is 0 Å². The number of aromatic amines is 1. The molecular weight excluding hydrogens is 278 g/mol. The Labute approximate surface area is 119 Å². The quantitative estimate of drug-likeness (QED) is 0.685. The standard InChI is InChI=1S/C15H12F2N2S/c1-9(10-2-4-11(16)5-3-10)19-14-8-12(17)6-7-13(14)18-15(19)20/h2-9H,1H3,(H,18,20). The molecule has 2 aromatic carbocycles. The summed E-state index contributed by atoms with van der Waals surface area (Å²) in [6.45, 7) is 1.95. The van der Waals surface area contributed by atoms with Gasteiger partial charge in [-0.25, -0.2) is 8.78 Å². The van der Waals surface area contributed by atoms with Crippen molar-refractivity contribution in [1.82, 2.24) is 9.55 Å². The van der Waals surface area contributed by atoms with Crippen LogP contribution in [-0.4, -0.2) is 9.55 Å². The molecular formula is C15H12F2N2S. The van der Waals surface area contributed by atoms with Gasteiger partial charge in [0.15, 0.2) is 4.77 Å². The van der Waals surface area contributed by atoms with Gasteiger partial charge in [-0.2, -0.15) is 0 Å². The molecule has 1 unspecified atom stereocenters. The number of rotatable bonds is 2. The molecule has 1 N–H and O–H groups in total. The monoisotopic (exact) mass is 290 g/mol. The van der Waals surface area contributed by atoms with Crippen LogP contribution in [0, 0.1) is 16.4 Å². The second-order valence-electron chi connectivity index (χ2n) is 4.69. The molecule has 0 amide bonds. The molecule has 0 radical (unpaired) electrons. The lowest BCUT2D eigenvalue weighted by molar-refractivity contribution is 0.615. The van der Waals surface area contributed by atoms with E-state index in [1.165, 1.54) is 24.3 Å². The van der Waals surface area contributed by atoms with Crippen molar-refractivity contribution in [3.8, 4) is 0 Å². The average molecular weight is 290 g/mol. The number of nitrogens with zero attached hydrogens (tertiary/aromatic N) is 1. The van der Waals surface area contributed by atoms with Crippen LogP contribution in [0.4, 0.5) is 8.78 Å². The van der Waals surface area contributed by atoms with Gasteiger partial charge >= 0.3 is 0 Å². The van der Waals surface area contributed by atoms with Crippen LogP contribution in [-0.2, 0) is 0 Å². The van der Waals surface area contributed by atoms with Crippen molar-refractivity contribution < 1.29 is 8.78 Å². The fourth-order valence-electron chi connectivity index (χ4n) is 2.37. The number of aromatic nitrogens is 2. The van der Waals surface area contributed by atoms with Gasteiger partial charge in [0.05, 0.1) is 17.1 Å². The van der Waals surface area contributed by atoms with Gasteiger partial charge < -0.3 is 9.55 Å². The van der Waals surface area contributed by atoms with E-state index in [2.05, 4.69) is 4.98 Å². The summed E-state index contributed by atoms with van der Waals surface area (Å²) in [5.74, 6) is -0.596. The van der Waals surface area contributed by atoms with E-state index in [4.69, 9.17) is 12.2 Å². The number of hydrogen-bond donors (Lipinski definition) is 1. The minimum Gasteiger partial charge on any atom is -0.331 e. The third-order valence-corrected chi connectivity index (χ3v) is 3.72. The van der Waals surface area contributed by atoms with Crippen molar-refractivity contribution >= 4 is 23.3 Å². The first-order valence-electron chi connectivity index (χ1n) is 6.21. The molecule has 3 aromatic rings. The summed E-state index contributed by atoms with van der Waals surface area (Å²) in [4.78, 5) is 3.05. The molecule has 0 saturated carbocycles. The predicted octanol–water partition coefficient (Wildman–Crippen LogP) is 4.59. The van der Waals surface area contributed by atoms with Crippen LogP contribution < -0.4 is 0 Å². The normalized spacial score (nSPS) is 12.8. The van der Waals surface area contributed by atoms with Crippen molar-refractivity contribution in [1.29, 1.82) is 0 Å². The van der Waals surface area contributed by atoms with Crippen LogP contribution in [0.5, 0.6) is 0 Å². The number of nitrogens with one attached hydrogen (secondary N) is 1. The van der Waals surface area contributed by atoms with E-state index in [1.54, 1.807) is 18.2 Å². The number of halogens is 2. The molecule has 0 fully saturated rings. The van der Waals surface area contributed by atoms with Gasteiger partial charge in [-0.05, 0) is 55.0 Å². The van der Waals surface area contributed by atoms with Crippen LogP contribution in [0.15, 0.2) is 42.5 Å². The summed E-state index contributed by atoms with van der Waals surface area (Å²) >= 11 is 5.31. The first-order valence-corrected chi connectivity index (χ1v) is 6.62. The second-order valence-corrected chi connectivity index (χ2v) is 5.08. The van der Waals surface area contributed by atoms with Gasteiger partial charge in [-0.3, -0.25) is 0 Å². The van der Waals surface area contributed by atoms with Crippen LogP contribution in [0.2, 0.25) is 0 Å². The molecule has 0 saturated heterocycles. The van der Waals surface area contributed by atoms with Crippen molar-refractivity contribution in [2.45, 2.75) is 13.0 Å². The zero-order valence-corrected chi connectivity index (χ0v) is 11.5. The molecule has 0 aliphatic heterocycles. The number of imidazole rings is 1. The van der Waals surface area contributed by atoms with Crippen LogP contribution in [0.3, 0.4) is 0 Å². The van der Waals surface area contributed by atoms with Crippen molar-refractivity contribution in [3.05, 3.63) is 64.4 Å². The lowest BCUT2D eigenvalue weighted by Crippen LogP contribution is -2.06. The van der Waals surface area contributed by atoms with Crippen molar-refractivity contribution in [2.24, 2.45) is 0 Å². The van der Waals surface area contributed by atoms with Gasteiger partial charge in [-0.1, -0.05) is 12.1 Å². The Kier molecular flexibility index (Phi) is 3.14. The lowest BCUT2D eigenvalue weighted by Gasteiger charge is -2.15.